The summed E-state index contributed by atoms with van der Waals surface area (Å²) in [5.41, 5.74) is 1.80. The minimum atomic E-state index is 0.264. The van der Waals surface area contributed by atoms with Crippen LogP contribution in [0.5, 0.6) is 0 Å². The van der Waals surface area contributed by atoms with Gasteiger partial charge in [0, 0.05) is 0 Å². The van der Waals surface area contributed by atoms with E-state index in [1.165, 1.54) is 360 Å². The van der Waals surface area contributed by atoms with Gasteiger partial charge in [-0.05, 0) is 97.2 Å². The van der Waals surface area contributed by atoms with E-state index in [2.05, 4.69) is 76.2 Å². The summed E-state index contributed by atoms with van der Waals surface area (Å²) in [5.74, 6) is 0.901. The van der Waals surface area contributed by atoms with Crippen molar-refractivity contribution in [3.05, 3.63) is 0 Å². The first-order valence-corrected chi connectivity index (χ1v) is 39.6. The van der Waals surface area contributed by atoms with Crippen molar-refractivity contribution >= 4 is 0 Å². The summed E-state index contributed by atoms with van der Waals surface area (Å²) < 4.78 is 0. The largest absolute Gasteiger partial charge is 0.0654 e. The summed E-state index contributed by atoms with van der Waals surface area (Å²) in [7, 11) is 0. The van der Waals surface area contributed by atoms with Crippen LogP contribution in [0.3, 0.4) is 0 Å². The van der Waals surface area contributed by atoms with Gasteiger partial charge in [-0.15, -0.1) is 0 Å². The molecule has 0 heterocycles. The molecule has 0 saturated heterocycles. The Labute approximate surface area is 517 Å². The molecular weight excluding hydrogens is 973 g/mol. The summed E-state index contributed by atoms with van der Waals surface area (Å²) in [4.78, 5) is 0. The third-order valence-corrected chi connectivity index (χ3v) is 23.0. The summed E-state index contributed by atoms with van der Waals surface area (Å²) in [6, 6.07) is 0. The molecule has 0 nitrogen and oxygen atoms in total. The quantitative estimate of drug-likeness (QED) is 0.0533. The number of hydrogen-bond acceptors (Lipinski definition) is 0. The monoisotopic (exact) mass is 1140 g/mol. The van der Waals surface area contributed by atoms with Gasteiger partial charge in [0.15, 0.2) is 0 Å². The first-order valence-electron chi connectivity index (χ1n) is 39.6. The minimum Gasteiger partial charge on any atom is -0.0654 e. The fourth-order valence-corrected chi connectivity index (χ4v) is 18.5. The van der Waals surface area contributed by atoms with Gasteiger partial charge in [0.05, 0.1) is 0 Å². The van der Waals surface area contributed by atoms with Crippen LogP contribution in [0.25, 0.3) is 0 Å². The average Bonchev–Trinajstić information content (AvgIpc) is 3.66. The van der Waals surface area contributed by atoms with Crippen molar-refractivity contribution in [1.82, 2.24) is 0 Å². The van der Waals surface area contributed by atoms with Gasteiger partial charge in [0.2, 0.25) is 0 Å². The predicted molar refractivity (Wildman–Crippen MR) is 374 cm³/mol. The molecule has 0 aromatic carbocycles. The molecule has 0 heteroatoms. The van der Waals surface area contributed by atoms with E-state index < -0.39 is 0 Å². The normalized spacial score (nSPS) is 16.6. The molecule has 1 aliphatic carbocycles. The Morgan fingerprint density at radius 3 is 0.716 bits per heavy atom. The lowest BCUT2D eigenvalue weighted by Crippen LogP contribution is -2.67. The van der Waals surface area contributed by atoms with E-state index >= 15 is 0 Å². The van der Waals surface area contributed by atoms with Crippen LogP contribution in [-0.4, -0.2) is 0 Å². The molecule has 1 aliphatic rings. The highest BCUT2D eigenvalue weighted by Gasteiger charge is 2.70. The molecule has 486 valence electrons. The Bertz CT molecular complexity index is 1260. The van der Waals surface area contributed by atoms with Crippen molar-refractivity contribution < 1.29 is 0 Å². The minimum absolute atomic E-state index is 0.264. The first kappa shape index (κ1) is 79.0. The number of unbranched alkanes of at least 4 members (excludes halogenated alkanes) is 43. The molecule has 0 N–H and O–H groups in total. The summed E-state index contributed by atoms with van der Waals surface area (Å²) in [5, 5.41) is 0. The van der Waals surface area contributed by atoms with Crippen LogP contribution in [-0.2, 0) is 0 Å². The van der Waals surface area contributed by atoms with E-state index in [1.54, 1.807) is 51.4 Å². The Kier molecular flexibility index (Phi) is 51.8. The Morgan fingerprint density at radius 2 is 0.420 bits per heavy atom. The topological polar surface area (TPSA) is 0 Å². The van der Waals surface area contributed by atoms with Crippen LogP contribution < -0.4 is 0 Å². The zero-order chi connectivity index (χ0) is 59.3. The molecular formula is C81H162. The Morgan fingerprint density at radius 1 is 0.210 bits per heavy atom. The van der Waals surface area contributed by atoms with Gasteiger partial charge in [0.1, 0.15) is 0 Å². The van der Waals surface area contributed by atoms with Crippen LogP contribution in [0.1, 0.15) is 487 Å². The smallest absolute Gasteiger partial charge is 0.0151 e. The van der Waals surface area contributed by atoms with E-state index in [4.69, 9.17) is 0 Å². The summed E-state index contributed by atoms with van der Waals surface area (Å²) in [6.45, 7) is 28.4. The zero-order valence-corrected chi connectivity index (χ0v) is 59.3. The van der Waals surface area contributed by atoms with E-state index in [0.29, 0.717) is 21.7 Å². The molecule has 81 heavy (non-hydrogen) atoms. The van der Waals surface area contributed by atoms with Crippen LogP contribution in [0, 0.1) is 33.0 Å². The fraction of sp³-hybridized carbons (Fsp3) is 1.00. The Balaban J connectivity index is 4.50. The van der Waals surface area contributed by atoms with Crippen LogP contribution >= 0.6 is 0 Å². The maximum Gasteiger partial charge on any atom is -0.0151 e. The molecule has 1 rings (SSSR count). The van der Waals surface area contributed by atoms with Gasteiger partial charge in [-0.3, -0.25) is 0 Å². The van der Waals surface area contributed by atoms with Crippen LogP contribution in [0.4, 0.5) is 0 Å². The molecule has 0 radical (unpaired) electrons. The van der Waals surface area contributed by atoms with Gasteiger partial charge < -0.3 is 0 Å². The van der Waals surface area contributed by atoms with Gasteiger partial charge in [-0.2, -0.15) is 0 Å². The van der Waals surface area contributed by atoms with Crippen molar-refractivity contribution in [2.75, 3.05) is 0 Å². The van der Waals surface area contributed by atoms with E-state index in [-0.39, 0.29) is 5.41 Å². The molecule has 0 aromatic rings. The second-order valence-electron chi connectivity index (χ2n) is 30.2. The lowest BCUT2D eigenvalue weighted by molar-refractivity contribution is -0.255. The molecule has 1 saturated carbocycles. The predicted octanol–water partition coefficient (Wildman–Crippen LogP) is 30.7. The van der Waals surface area contributed by atoms with Crippen molar-refractivity contribution in [2.24, 2.45) is 33.0 Å². The van der Waals surface area contributed by atoms with Crippen LogP contribution in [0.2, 0.25) is 0 Å². The third-order valence-electron chi connectivity index (χ3n) is 23.0. The highest BCUT2D eigenvalue weighted by Crippen LogP contribution is 2.78. The lowest BCUT2D eigenvalue weighted by Gasteiger charge is -2.74. The molecule has 0 aliphatic heterocycles. The second-order valence-corrected chi connectivity index (χ2v) is 30.2. The maximum absolute atomic E-state index is 2.90. The molecule has 0 aromatic heterocycles. The van der Waals surface area contributed by atoms with Gasteiger partial charge in [-0.1, -0.05) is 423 Å². The standard InChI is InChI=1S/C81H162/c1-12-20-28-34-38-40-42-43-44-45-47-50-55-64-72-79(71-27-19-8,77(9,10)11)80(73-59-26-18-7,74-63-33-25-17-6)81(75-65-51-32-24-16-5,76-66-57-56-58-67-76)78(68-60-52-37-31-23-15-4,69-61-53-48-36-30-22-14-3)70-62-54-49-46-41-39-35-29-21-13-2/h76H,12-75H2,1-11H3. The average molecular weight is 1140 g/mol. The van der Waals surface area contributed by atoms with Gasteiger partial charge in [-0.25, -0.2) is 0 Å². The highest BCUT2D eigenvalue weighted by atomic mass is 14.7. The third kappa shape index (κ3) is 31.2. The molecule has 0 spiro atoms. The fourth-order valence-electron chi connectivity index (χ4n) is 18.5. The van der Waals surface area contributed by atoms with Crippen molar-refractivity contribution in [2.45, 2.75) is 487 Å². The SMILES string of the molecule is CCCCCCCCCCCCCCCCC(CCCC)(C(C)(C)C)C(CCCCC)(CCCCCC)C(CCCCCCC)(C1CCCCC1)C(CCCCCCCC)(CCCCCCCCC)CCCCCCCCCCCC. The molecule has 1 fully saturated rings. The molecule has 0 amide bonds. The second kappa shape index (κ2) is 53.1. The Hall–Kier alpha value is 0. The molecule has 0 bridgehead atoms. The van der Waals surface area contributed by atoms with E-state index in [9.17, 15) is 0 Å². The number of rotatable bonds is 63. The summed E-state index contributed by atoms with van der Waals surface area (Å²) >= 11 is 0. The molecule has 4 atom stereocenters. The molecule has 4 unspecified atom stereocenters. The zero-order valence-electron chi connectivity index (χ0n) is 59.3. The van der Waals surface area contributed by atoms with Crippen molar-refractivity contribution in [3.63, 3.8) is 0 Å². The lowest BCUT2D eigenvalue weighted by atomic mass is 9.30. The maximum atomic E-state index is 2.90. The highest BCUT2D eigenvalue weighted by molar-refractivity contribution is 5.19. The van der Waals surface area contributed by atoms with Crippen LogP contribution in [0.15, 0.2) is 0 Å². The van der Waals surface area contributed by atoms with Crippen molar-refractivity contribution in [1.29, 1.82) is 0 Å². The van der Waals surface area contributed by atoms with E-state index in [0.717, 1.165) is 5.92 Å². The van der Waals surface area contributed by atoms with Gasteiger partial charge in [0.25, 0.3) is 0 Å². The first-order chi connectivity index (χ1) is 39.6. The van der Waals surface area contributed by atoms with E-state index in [1.807, 2.05) is 0 Å². The number of hydrogen-bond donors (Lipinski definition) is 0. The van der Waals surface area contributed by atoms with Gasteiger partial charge >= 0.3 is 0 Å². The van der Waals surface area contributed by atoms with Crippen molar-refractivity contribution in [3.8, 4) is 0 Å². The summed E-state index contributed by atoms with van der Waals surface area (Å²) in [6.07, 6.45) is 94.5.